The van der Waals surface area contributed by atoms with Crippen LogP contribution >= 0.6 is 0 Å². The highest BCUT2D eigenvalue weighted by atomic mass is 16.5. The van der Waals surface area contributed by atoms with Gasteiger partial charge in [-0.1, -0.05) is 36.1 Å². The fourth-order valence-electron chi connectivity index (χ4n) is 2.37. The lowest BCUT2D eigenvalue weighted by molar-refractivity contribution is 0.0697. The van der Waals surface area contributed by atoms with Gasteiger partial charge in [0.15, 0.2) is 0 Å². The minimum Gasteiger partial charge on any atom is -0.497 e. The molecule has 0 saturated heterocycles. The summed E-state index contributed by atoms with van der Waals surface area (Å²) in [6, 6.07) is 22.3. The van der Waals surface area contributed by atoms with Gasteiger partial charge < -0.3 is 9.84 Å². The van der Waals surface area contributed by atoms with Crippen LogP contribution in [0.1, 0.15) is 21.5 Å². The van der Waals surface area contributed by atoms with E-state index >= 15 is 0 Å². The van der Waals surface area contributed by atoms with Gasteiger partial charge in [-0.05, 0) is 59.7 Å². The van der Waals surface area contributed by atoms with Gasteiger partial charge in [-0.25, -0.2) is 4.79 Å². The Morgan fingerprint density at radius 3 is 1.64 bits per heavy atom. The van der Waals surface area contributed by atoms with Crippen LogP contribution in [0.15, 0.2) is 72.8 Å². The Kier molecular flexibility index (Phi) is 4.82. The SMILES string of the molecule is COc1ccc(C#Cc2ccc(-c3ccc(C(=O)O)cc3)cc2)cc1. The topological polar surface area (TPSA) is 46.5 Å². The maximum Gasteiger partial charge on any atom is 0.335 e. The van der Waals surface area contributed by atoms with Crippen molar-refractivity contribution in [3.8, 4) is 28.7 Å². The first-order valence-corrected chi connectivity index (χ1v) is 7.75. The molecule has 0 spiro atoms. The third-order valence-corrected chi connectivity index (χ3v) is 3.79. The Hall–Kier alpha value is -3.51. The van der Waals surface area contributed by atoms with Crippen molar-refractivity contribution < 1.29 is 14.6 Å². The summed E-state index contributed by atoms with van der Waals surface area (Å²) < 4.78 is 5.13. The number of carboxylic acids is 1. The molecule has 0 aromatic heterocycles. The van der Waals surface area contributed by atoms with Crippen LogP contribution in [-0.4, -0.2) is 18.2 Å². The number of carboxylic acid groups (broad SMARTS) is 1. The molecule has 3 aromatic rings. The van der Waals surface area contributed by atoms with Crippen molar-refractivity contribution in [2.24, 2.45) is 0 Å². The minimum absolute atomic E-state index is 0.283. The van der Waals surface area contributed by atoms with Crippen molar-refractivity contribution in [3.05, 3.63) is 89.5 Å². The molecule has 122 valence electrons. The summed E-state index contributed by atoms with van der Waals surface area (Å²) in [6.45, 7) is 0. The van der Waals surface area contributed by atoms with E-state index in [2.05, 4.69) is 11.8 Å². The monoisotopic (exact) mass is 328 g/mol. The summed E-state index contributed by atoms with van der Waals surface area (Å²) in [6.07, 6.45) is 0. The van der Waals surface area contributed by atoms with Crippen molar-refractivity contribution in [2.45, 2.75) is 0 Å². The number of ether oxygens (including phenoxy) is 1. The average Bonchev–Trinajstić information content (AvgIpc) is 2.67. The van der Waals surface area contributed by atoms with Crippen LogP contribution in [0.2, 0.25) is 0 Å². The number of hydrogen-bond acceptors (Lipinski definition) is 2. The lowest BCUT2D eigenvalue weighted by Crippen LogP contribution is -1.94. The van der Waals surface area contributed by atoms with E-state index in [-0.39, 0.29) is 5.56 Å². The number of benzene rings is 3. The first kappa shape index (κ1) is 16.4. The van der Waals surface area contributed by atoms with Crippen molar-refractivity contribution in [1.29, 1.82) is 0 Å². The smallest absolute Gasteiger partial charge is 0.335 e. The summed E-state index contributed by atoms with van der Waals surface area (Å²) >= 11 is 0. The van der Waals surface area contributed by atoms with Gasteiger partial charge in [0.05, 0.1) is 12.7 Å². The third kappa shape index (κ3) is 4.07. The molecule has 1 N–H and O–H groups in total. The van der Waals surface area contributed by atoms with E-state index in [0.29, 0.717) is 0 Å². The Morgan fingerprint density at radius 1 is 0.760 bits per heavy atom. The summed E-state index contributed by atoms with van der Waals surface area (Å²) in [5, 5.41) is 8.94. The highest BCUT2D eigenvalue weighted by molar-refractivity contribution is 5.88. The summed E-state index contributed by atoms with van der Waals surface area (Å²) in [4.78, 5) is 10.9. The van der Waals surface area contributed by atoms with Crippen molar-refractivity contribution in [3.63, 3.8) is 0 Å². The summed E-state index contributed by atoms with van der Waals surface area (Å²) in [7, 11) is 1.64. The van der Waals surface area contributed by atoms with Gasteiger partial charge >= 0.3 is 5.97 Å². The highest BCUT2D eigenvalue weighted by Crippen LogP contribution is 2.20. The second kappa shape index (κ2) is 7.37. The molecule has 0 unspecified atom stereocenters. The Balaban J connectivity index is 1.76. The molecule has 0 heterocycles. The zero-order valence-electron chi connectivity index (χ0n) is 13.7. The van der Waals surface area contributed by atoms with Gasteiger partial charge in [0.25, 0.3) is 0 Å². The van der Waals surface area contributed by atoms with Crippen molar-refractivity contribution in [1.82, 2.24) is 0 Å². The number of methoxy groups -OCH3 is 1. The van der Waals surface area contributed by atoms with Gasteiger partial charge in [-0.15, -0.1) is 0 Å². The maximum absolute atomic E-state index is 10.9. The largest absolute Gasteiger partial charge is 0.497 e. The molecule has 0 aliphatic carbocycles. The quantitative estimate of drug-likeness (QED) is 0.722. The van der Waals surface area contributed by atoms with E-state index in [4.69, 9.17) is 9.84 Å². The van der Waals surface area contributed by atoms with Gasteiger partial charge in [-0.3, -0.25) is 0 Å². The number of carbonyl (C=O) groups is 1. The molecule has 3 rings (SSSR count). The zero-order valence-corrected chi connectivity index (χ0v) is 13.7. The summed E-state index contributed by atoms with van der Waals surface area (Å²) in [5.41, 5.74) is 4.12. The van der Waals surface area contributed by atoms with Crippen molar-refractivity contribution in [2.75, 3.05) is 7.11 Å². The number of aromatic carboxylic acids is 1. The van der Waals surface area contributed by atoms with Crippen LogP contribution in [0, 0.1) is 11.8 Å². The fourth-order valence-corrected chi connectivity index (χ4v) is 2.37. The predicted octanol–water partition coefficient (Wildman–Crippen LogP) is 4.46. The van der Waals surface area contributed by atoms with Crippen LogP contribution in [0.5, 0.6) is 5.75 Å². The van der Waals surface area contributed by atoms with Crippen LogP contribution in [0.3, 0.4) is 0 Å². The molecule has 3 nitrogen and oxygen atoms in total. The third-order valence-electron chi connectivity index (χ3n) is 3.79. The van der Waals surface area contributed by atoms with E-state index in [1.165, 1.54) is 0 Å². The van der Waals surface area contributed by atoms with Crippen LogP contribution in [0.4, 0.5) is 0 Å². The molecule has 0 aliphatic heterocycles. The standard InChI is InChI=1S/C22H16O3/c1-25-21-14-6-17(7-15-21)3-2-16-4-8-18(9-5-16)19-10-12-20(13-11-19)22(23)24/h4-15H,1H3,(H,23,24). The summed E-state index contributed by atoms with van der Waals surface area (Å²) in [5.74, 6) is 6.14. The number of rotatable bonds is 3. The molecule has 0 saturated carbocycles. The highest BCUT2D eigenvalue weighted by Gasteiger charge is 2.03. The van der Waals surface area contributed by atoms with E-state index < -0.39 is 5.97 Å². The normalized spacial score (nSPS) is 9.80. The van der Waals surface area contributed by atoms with E-state index in [1.807, 2.05) is 60.7 Å². The molecule has 0 aliphatic rings. The van der Waals surface area contributed by atoms with Crippen LogP contribution in [-0.2, 0) is 0 Å². The Bertz CT molecular complexity index is 926. The molecular formula is C22H16O3. The molecule has 25 heavy (non-hydrogen) atoms. The maximum atomic E-state index is 10.9. The van der Waals surface area contributed by atoms with E-state index in [0.717, 1.165) is 28.0 Å². The molecule has 3 aromatic carbocycles. The first-order valence-electron chi connectivity index (χ1n) is 7.75. The first-order chi connectivity index (χ1) is 12.2. The molecule has 0 amide bonds. The molecule has 0 fully saturated rings. The Morgan fingerprint density at radius 2 is 1.20 bits per heavy atom. The molecule has 3 heteroatoms. The van der Waals surface area contributed by atoms with Crippen molar-refractivity contribution >= 4 is 5.97 Å². The number of hydrogen-bond donors (Lipinski definition) is 1. The molecule has 0 bridgehead atoms. The van der Waals surface area contributed by atoms with Gasteiger partial charge in [0, 0.05) is 11.1 Å². The van der Waals surface area contributed by atoms with Gasteiger partial charge in [0.2, 0.25) is 0 Å². The zero-order chi connectivity index (χ0) is 17.6. The Labute approximate surface area is 146 Å². The van der Waals surface area contributed by atoms with E-state index in [1.54, 1.807) is 19.2 Å². The van der Waals surface area contributed by atoms with Gasteiger partial charge in [0.1, 0.15) is 5.75 Å². The second-order valence-corrected chi connectivity index (χ2v) is 5.44. The predicted molar refractivity (Wildman–Crippen MR) is 97.8 cm³/mol. The lowest BCUT2D eigenvalue weighted by Gasteiger charge is -2.02. The van der Waals surface area contributed by atoms with Gasteiger partial charge in [-0.2, -0.15) is 0 Å². The molecular weight excluding hydrogens is 312 g/mol. The van der Waals surface area contributed by atoms with Crippen LogP contribution in [0.25, 0.3) is 11.1 Å². The molecule has 0 radical (unpaired) electrons. The minimum atomic E-state index is -0.921. The van der Waals surface area contributed by atoms with Crippen LogP contribution < -0.4 is 4.74 Å². The molecule has 0 atom stereocenters. The fraction of sp³-hybridized carbons (Fsp3) is 0.0455. The average molecular weight is 328 g/mol. The lowest BCUT2D eigenvalue weighted by atomic mass is 10.0. The van der Waals surface area contributed by atoms with E-state index in [9.17, 15) is 4.79 Å². The second-order valence-electron chi connectivity index (χ2n) is 5.44.